The number of aliphatic hydroxyl groups excluding tert-OH is 1. The molecule has 0 aromatic carbocycles. The number of aryl methyl sites for hydroxylation is 1. The molecular formula is C14H19N3OS. The number of thiophene rings is 1. The Morgan fingerprint density at radius 3 is 3.16 bits per heavy atom. The van der Waals surface area contributed by atoms with Gasteiger partial charge in [0.15, 0.2) is 0 Å². The number of aliphatic hydroxyl groups is 1. The Hall–Kier alpha value is -1.20. The van der Waals surface area contributed by atoms with E-state index in [0.717, 1.165) is 43.0 Å². The molecule has 19 heavy (non-hydrogen) atoms. The van der Waals surface area contributed by atoms with Crippen LogP contribution in [0.1, 0.15) is 24.6 Å². The molecule has 102 valence electrons. The van der Waals surface area contributed by atoms with Crippen LogP contribution in [0.3, 0.4) is 0 Å². The first-order chi connectivity index (χ1) is 9.31. The van der Waals surface area contributed by atoms with E-state index in [4.69, 9.17) is 0 Å². The lowest BCUT2D eigenvalue weighted by molar-refractivity contribution is 0.208. The van der Waals surface area contributed by atoms with E-state index in [0.29, 0.717) is 5.92 Å². The molecule has 1 aliphatic rings. The van der Waals surface area contributed by atoms with Crippen molar-refractivity contribution in [1.29, 1.82) is 0 Å². The Morgan fingerprint density at radius 2 is 2.37 bits per heavy atom. The zero-order valence-electron chi connectivity index (χ0n) is 11.2. The summed E-state index contributed by atoms with van der Waals surface area (Å²) in [7, 11) is 0. The average molecular weight is 277 g/mol. The molecule has 0 aliphatic carbocycles. The first kappa shape index (κ1) is 12.8. The van der Waals surface area contributed by atoms with E-state index >= 15 is 0 Å². The van der Waals surface area contributed by atoms with Crippen LogP contribution in [0.5, 0.6) is 0 Å². The second-order valence-corrected chi connectivity index (χ2v) is 6.23. The first-order valence-corrected chi connectivity index (χ1v) is 7.72. The fourth-order valence-corrected chi connectivity index (χ4v) is 3.66. The van der Waals surface area contributed by atoms with Crippen molar-refractivity contribution in [3.05, 3.63) is 17.3 Å². The van der Waals surface area contributed by atoms with Gasteiger partial charge in [0.1, 0.15) is 17.0 Å². The van der Waals surface area contributed by atoms with Crippen LogP contribution in [0.15, 0.2) is 12.4 Å². The zero-order valence-corrected chi connectivity index (χ0v) is 12.0. The number of piperidine rings is 1. The number of hydrogen-bond acceptors (Lipinski definition) is 5. The van der Waals surface area contributed by atoms with Crippen LogP contribution in [0.25, 0.3) is 10.2 Å². The standard InChI is InChI=1S/C14H19N3OS/c1-2-11-6-12-13(15-9-16-14(12)19-11)17-5-3-4-10(7-17)8-18/h6,9-10,18H,2-5,7-8H2,1H3/t10-/m1/s1. The summed E-state index contributed by atoms with van der Waals surface area (Å²) in [6.07, 6.45) is 4.95. The summed E-state index contributed by atoms with van der Waals surface area (Å²) in [5.74, 6) is 1.42. The molecule has 1 fully saturated rings. The highest BCUT2D eigenvalue weighted by Crippen LogP contribution is 2.32. The minimum absolute atomic E-state index is 0.272. The Bertz CT molecular complexity index is 569. The van der Waals surface area contributed by atoms with E-state index in [1.807, 2.05) is 0 Å². The van der Waals surface area contributed by atoms with Gasteiger partial charge in [-0.1, -0.05) is 6.92 Å². The highest BCUT2D eigenvalue weighted by atomic mass is 32.1. The fourth-order valence-electron chi connectivity index (χ4n) is 2.73. The van der Waals surface area contributed by atoms with Crippen molar-refractivity contribution in [3.63, 3.8) is 0 Å². The Balaban J connectivity index is 1.97. The zero-order chi connectivity index (χ0) is 13.2. The molecule has 0 radical (unpaired) electrons. The summed E-state index contributed by atoms with van der Waals surface area (Å²) < 4.78 is 0. The van der Waals surface area contributed by atoms with Gasteiger partial charge in [0.05, 0.1) is 5.39 Å². The molecule has 4 nitrogen and oxygen atoms in total. The fraction of sp³-hybridized carbons (Fsp3) is 0.571. The predicted molar refractivity (Wildman–Crippen MR) is 78.8 cm³/mol. The van der Waals surface area contributed by atoms with Gasteiger partial charge < -0.3 is 10.0 Å². The maximum atomic E-state index is 9.35. The van der Waals surface area contributed by atoms with Crippen molar-refractivity contribution in [3.8, 4) is 0 Å². The molecule has 0 amide bonds. The Labute approximate surface area is 117 Å². The highest BCUT2D eigenvalue weighted by molar-refractivity contribution is 7.18. The Morgan fingerprint density at radius 1 is 1.47 bits per heavy atom. The van der Waals surface area contributed by atoms with Crippen LogP contribution in [0.2, 0.25) is 0 Å². The molecule has 1 N–H and O–H groups in total. The van der Waals surface area contributed by atoms with E-state index in [9.17, 15) is 5.11 Å². The molecule has 3 rings (SSSR count). The smallest absolute Gasteiger partial charge is 0.140 e. The van der Waals surface area contributed by atoms with Gasteiger partial charge >= 0.3 is 0 Å². The highest BCUT2D eigenvalue weighted by Gasteiger charge is 2.22. The summed E-state index contributed by atoms with van der Waals surface area (Å²) in [6.45, 7) is 4.37. The van der Waals surface area contributed by atoms with Crippen molar-refractivity contribution < 1.29 is 5.11 Å². The van der Waals surface area contributed by atoms with Crippen molar-refractivity contribution >= 4 is 27.4 Å². The van der Waals surface area contributed by atoms with E-state index in [1.54, 1.807) is 17.7 Å². The maximum Gasteiger partial charge on any atom is 0.140 e. The van der Waals surface area contributed by atoms with Crippen molar-refractivity contribution in [2.45, 2.75) is 26.2 Å². The van der Waals surface area contributed by atoms with E-state index in [2.05, 4.69) is 27.9 Å². The molecular weight excluding hydrogens is 258 g/mol. The van der Waals surface area contributed by atoms with E-state index < -0.39 is 0 Å². The van der Waals surface area contributed by atoms with Crippen molar-refractivity contribution in [2.75, 3.05) is 24.6 Å². The van der Waals surface area contributed by atoms with Crippen LogP contribution in [-0.2, 0) is 6.42 Å². The quantitative estimate of drug-likeness (QED) is 0.936. The molecule has 2 aromatic rings. The normalized spacial score (nSPS) is 20.1. The van der Waals surface area contributed by atoms with Crippen LogP contribution >= 0.6 is 11.3 Å². The van der Waals surface area contributed by atoms with Crippen molar-refractivity contribution in [2.24, 2.45) is 5.92 Å². The lowest BCUT2D eigenvalue weighted by atomic mass is 9.99. The molecule has 2 aromatic heterocycles. The minimum Gasteiger partial charge on any atom is -0.396 e. The third-order valence-electron chi connectivity index (χ3n) is 3.78. The molecule has 0 saturated carbocycles. The van der Waals surface area contributed by atoms with Gasteiger partial charge in [0.25, 0.3) is 0 Å². The summed E-state index contributed by atoms with van der Waals surface area (Å²) >= 11 is 1.75. The van der Waals surface area contributed by atoms with Crippen LogP contribution < -0.4 is 4.90 Å². The van der Waals surface area contributed by atoms with Gasteiger partial charge in [-0.3, -0.25) is 0 Å². The third kappa shape index (κ3) is 2.44. The average Bonchev–Trinajstić information content (AvgIpc) is 2.90. The predicted octanol–water partition coefficient (Wildman–Crippen LogP) is 2.46. The SMILES string of the molecule is CCc1cc2c(N3CCC[C@@H](CO)C3)ncnc2s1. The monoisotopic (exact) mass is 277 g/mol. The second-order valence-electron chi connectivity index (χ2n) is 5.12. The maximum absolute atomic E-state index is 9.35. The summed E-state index contributed by atoms with van der Waals surface area (Å²) in [4.78, 5) is 13.6. The Kier molecular flexibility index (Phi) is 3.66. The van der Waals surface area contributed by atoms with Gasteiger partial charge in [0, 0.05) is 24.6 Å². The second kappa shape index (κ2) is 5.43. The molecule has 1 atom stereocenters. The van der Waals surface area contributed by atoms with Gasteiger partial charge in [-0.15, -0.1) is 11.3 Å². The lowest BCUT2D eigenvalue weighted by Gasteiger charge is -2.32. The van der Waals surface area contributed by atoms with Gasteiger partial charge in [-0.05, 0) is 31.2 Å². The van der Waals surface area contributed by atoms with Crippen LogP contribution in [0, 0.1) is 5.92 Å². The summed E-state index contributed by atoms with van der Waals surface area (Å²) in [6, 6.07) is 2.22. The van der Waals surface area contributed by atoms with E-state index in [1.165, 1.54) is 10.3 Å². The van der Waals surface area contributed by atoms with Crippen LogP contribution in [0.4, 0.5) is 5.82 Å². The molecule has 0 spiro atoms. The molecule has 3 heterocycles. The molecule has 1 saturated heterocycles. The van der Waals surface area contributed by atoms with E-state index in [-0.39, 0.29) is 6.61 Å². The molecule has 5 heteroatoms. The number of rotatable bonds is 3. The first-order valence-electron chi connectivity index (χ1n) is 6.91. The summed E-state index contributed by atoms with van der Waals surface area (Å²) in [5, 5.41) is 10.5. The van der Waals surface area contributed by atoms with Gasteiger partial charge in [0.2, 0.25) is 0 Å². The number of anilines is 1. The molecule has 1 aliphatic heterocycles. The van der Waals surface area contributed by atoms with Gasteiger partial charge in [-0.25, -0.2) is 9.97 Å². The molecule has 0 unspecified atom stereocenters. The number of hydrogen-bond donors (Lipinski definition) is 1. The summed E-state index contributed by atoms with van der Waals surface area (Å²) in [5.41, 5.74) is 0. The number of aromatic nitrogens is 2. The number of nitrogens with zero attached hydrogens (tertiary/aromatic N) is 3. The number of fused-ring (bicyclic) bond motifs is 1. The lowest BCUT2D eigenvalue weighted by Crippen LogP contribution is -2.37. The van der Waals surface area contributed by atoms with Crippen LogP contribution in [-0.4, -0.2) is 34.8 Å². The largest absolute Gasteiger partial charge is 0.396 e. The third-order valence-corrected chi connectivity index (χ3v) is 4.97. The van der Waals surface area contributed by atoms with Crippen molar-refractivity contribution in [1.82, 2.24) is 9.97 Å². The molecule has 0 bridgehead atoms. The van der Waals surface area contributed by atoms with Gasteiger partial charge in [-0.2, -0.15) is 0 Å². The topological polar surface area (TPSA) is 49.2 Å². The minimum atomic E-state index is 0.272.